The first-order valence-electron chi connectivity index (χ1n) is 31.6. The summed E-state index contributed by atoms with van der Waals surface area (Å²) in [6, 6.07) is 109. The zero-order valence-electron chi connectivity index (χ0n) is 50.9. The lowest BCUT2D eigenvalue weighted by Crippen LogP contribution is -2.03. The summed E-state index contributed by atoms with van der Waals surface area (Å²) in [4.78, 5) is 28.9. The Hall–Kier alpha value is -12.3. The maximum Gasteiger partial charge on any atom is 0.200 e. The average Bonchev–Trinajstić information content (AvgIpc) is 1.64. The number of aromatic nitrogens is 4. The summed E-state index contributed by atoms with van der Waals surface area (Å²) in [7, 11) is 0. The third-order valence-electron chi connectivity index (χ3n) is 18.6. The van der Waals surface area contributed by atoms with Crippen LogP contribution in [0.25, 0.3) is 170 Å². The Morgan fingerprint density at radius 3 is 1.08 bits per heavy atom. The van der Waals surface area contributed by atoms with Crippen molar-refractivity contribution in [1.29, 1.82) is 0 Å². The average molecular weight is 1290 g/mol. The molecule has 0 spiro atoms. The first-order chi connectivity index (χ1) is 46.8. The fourth-order valence-corrected chi connectivity index (χ4v) is 14.5. The second-order valence-corrected chi connectivity index (χ2v) is 24.9. The van der Waals surface area contributed by atoms with Crippen LogP contribution in [-0.2, 0) is 0 Å². The number of benzene rings is 14. The van der Waals surface area contributed by atoms with E-state index in [-0.39, 0.29) is 10.9 Å². The monoisotopic (exact) mass is 1280 g/mol. The van der Waals surface area contributed by atoms with Crippen molar-refractivity contribution in [3.05, 3.63) is 340 Å². The molecular formula is C86H53BrN4O4. The standard InChI is InChI=1S/C43H26N2O2.C30H20N2.C13H7BrO2/c46-43-33-14-6-9-17-41(33)47-42-26-30(20-21-34(42)43)45-38-16-8-5-13-32(38)36-25-28(19-23-40(36)45)27-18-22-39-35(24-27)31-12-4-7-15-37(31)44(39)29-10-2-1-3-11-29;1-2-8-22(9-3-1)32-29-13-7-5-11-24(29)26-19-21(15-17-30(26)32)20-14-16-28-25(18-20)23-10-4-6-12-27(23)31-28;14-8-5-6-10-12(7-8)16-11-4-2-1-3-9(11)13(10)15/h1-26H;1-19,31H;1-7H. The first kappa shape index (κ1) is 55.5. The molecule has 0 saturated heterocycles. The van der Waals surface area contributed by atoms with Gasteiger partial charge in [-0.05, 0) is 174 Å². The number of hydrogen-bond donors (Lipinski definition) is 1. The highest BCUT2D eigenvalue weighted by atomic mass is 79.9. The zero-order valence-corrected chi connectivity index (χ0v) is 52.5. The molecule has 0 atom stereocenters. The Morgan fingerprint density at radius 1 is 0.242 bits per heavy atom. The summed E-state index contributed by atoms with van der Waals surface area (Å²) < 4.78 is 19.8. The van der Waals surface area contributed by atoms with E-state index in [4.69, 9.17) is 8.83 Å². The van der Waals surface area contributed by atoms with E-state index in [0.29, 0.717) is 43.9 Å². The molecule has 1 N–H and O–H groups in total. The second kappa shape index (κ2) is 22.5. The van der Waals surface area contributed by atoms with Crippen LogP contribution in [0, 0.1) is 0 Å². The SMILES string of the molecule is O=c1c2ccccc2oc2cc(-n3c4ccccc4c4cc(-c5ccc6c(c5)c5ccccc5n6-c5ccccc5)ccc43)ccc12.O=c1c2ccccc2oc2cc(Br)ccc12.c1ccc(-n2c3ccccc3c3cc(-c4ccc5[nH]c6ccccc6c5c4)ccc32)cc1. The lowest BCUT2D eigenvalue weighted by molar-refractivity contribution is 0.659. The van der Waals surface area contributed by atoms with Gasteiger partial charge in [-0.25, -0.2) is 0 Å². The molecule has 0 radical (unpaired) electrons. The molecule has 0 fully saturated rings. The number of para-hydroxylation sites is 8. The molecule has 0 aliphatic rings. The molecule has 0 aliphatic heterocycles. The van der Waals surface area contributed by atoms with Gasteiger partial charge in [0.05, 0.1) is 54.6 Å². The van der Waals surface area contributed by atoms with Crippen molar-refractivity contribution in [3.63, 3.8) is 0 Å². The number of fused-ring (bicyclic) bond motifs is 16. The molecule has 0 aliphatic carbocycles. The summed E-state index contributed by atoms with van der Waals surface area (Å²) in [5, 5.41) is 12.3. The van der Waals surface area contributed by atoms with Gasteiger partial charge in [-0.15, -0.1) is 0 Å². The lowest BCUT2D eigenvalue weighted by Gasteiger charge is -2.10. The van der Waals surface area contributed by atoms with Gasteiger partial charge in [-0.3, -0.25) is 9.59 Å². The van der Waals surface area contributed by atoms with Crippen LogP contribution in [0.3, 0.4) is 0 Å². The van der Waals surface area contributed by atoms with E-state index in [1.165, 1.54) is 98.6 Å². The highest BCUT2D eigenvalue weighted by molar-refractivity contribution is 9.10. The van der Waals surface area contributed by atoms with E-state index in [1.807, 2.05) is 66.7 Å². The molecule has 20 aromatic rings. The van der Waals surface area contributed by atoms with Crippen molar-refractivity contribution in [2.24, 2.45) is 0 Å². The number of nitrogens with one attached hydrogen (secondary N) is 1. The number of rotatable bonds is 5. The van der Waals surface area contributed by atoms with Crippen molar-refractivity contribution >= 4 is 147 Å². The van der Waals surface area contributed by atoms with Gasteiger partial charge < -0.3 is 27.5 Å². The minimum Gasteiger partial charge on any atom is -0.456 e. The maximum atomic E-state index is 13.2. The highest BCUT2D eigenvalue weighted by Crippen LogP contribution is 2.41. The van der Waals surface area contributed by atoms with Gasteiger partial charge in [0.25, 0.3) is 0 Å². The summed E-state index contributed by atoms with van der Waals surface area (Å²) in [5.74, 6) is 0. The van der Waals surface area contributed by atoms with Crippen molar-refractivity contribution in [3.8, 4) is 39.3 Å². The number of halogens is 1. The topological polar surface area (TPSA) is 91.0 Å². The van der Waals surface area contributed by atoms with Crippen LogP contribution < -0.4 is 10.9 Å². The fraction of sp³-hybridized carbons (Fsp3) is 0. The molecule has 448 valence electrons. The summed E-state index contributed by atoms with van der Waals surface area (Å²) in [6.45, 7) is 0. The van der Waals surface area contributed by atoms with Crippen molar-refractivity contribution in [2.45, 2.75) is 0 Å². The van der Waals surface area contributed by atoms with Crippen LogP contribution >= 0.6 is 15.9 Å². The van der Waals surface area contributed by atoms with Gasteiger partial charge in [-0.1, -0.05) is 174 Å². The van der Waals surface area contributed by atoms with Crippen molar-refractivity contribution < 1.29 is 8.83 Å². The molecule has 0 bridgehead atoms. The molecule has 14 aromatic carbocycles. The fourth-order valence-electron chi connectivity index (χ4n) is 14.2. The Morgan fingerprint density at radius 2 is 0.589 bits per heavy atom. The molecule has 8 nitrogen and oxygen atoms in total. The Bertz CT molecular complexity index is 6610. The van der Waals surface area contributed by atoms with Crippen LogP contribution in [0.15, 0.2) is 338 Å². The Kier molecular flexibility index (Phi) is 13.2. The van der Waals surface area contributed by atoms with E-state index >= 15 is 0 Å². The third-order valence-corrected chi connectivity index (χ3v) is 19.1. The van der Waals surface area contributed by atoms with Crippen LogP contribution in [0.5, 0.6) is 0 Å². The van der Waals surface area contributed by atoms with E-state index in [2.05, 4.69) is 265 Å². The van der Waals surface area contributed by atoms with Gasteiger partial charge >= 0.3 is 0 Å². The largest absolute Gasteiger partial charge is 0.456 e. The molecule has 9 heteroatoms. The molecule has 0 saturated carbocycles. The van der Waals surface area contributed by atoms with Gasteiger partial charge in [0, 0.05) is 81.7 Å². The second-order valence-electron chi connectivity index (χ2n) is 24.0. The predicted molar refractivity (Wildman–Crippen MR) is 397 cm³/mol. The molecule has 6 aromatic heterocycles. The third kappa shape index (κ3) is 9.34. The number of H-pyrrole nitrogens is 1. The molecule has 95 heavy (non-hydrogen) atoms. The first-order valence-corrected chi connectivity index (χ1v) is 32.4. The van der Waals surface area contributed by atoms with Crippen LogP contribution in [0.4, 0.5) is 0 Å². The van der Waals surface area contributed by atoms with Gasteiger partial charge in [0.2, 0.25) is 10.9 Å². The number of hydrogen-bond acceptors (Lipinski definition) is 4. The van der Waals surface area contributed by atoms with Gasteiger partial charge in [-0.2, -0.15) is 0 Å². The summed E-state index contributed by atoms with van der Waals surface area (Å²) >= 11 is 3.36. The molecule has 0 unspecified atom stereocenters. The van der Waals surface area contributed by atoms with Gasteiger partial charge in [0.15, 0.2) is 0 Å². The molecule has 6 heterocycles. The lowest BCUT2D eigenvalue weighted by atomic mass is 10.0. The van der Waals surface area contributed by atoms with Crippen molar-refractivity contribution in [2.75, 3.05) is 0 Å². The number of aromatic amines is 1. The van der Waals surface area contributed by atoms with Crippen LogP contribution in [0.2, 0.25) is 0 Å². The van der Waals surface area contributed by atoms with E-state index in [0.717, 1.165) is 32.4 Å². The van der Waals surface area contributed by atoms with E-state index < -0.39 is 0 Å². The molecule has 20 rings (SSSR count). The Balaban J connectivity index is 0.000000118. The zero-order chi connectivity index (χ0) is 63.3. The van der Waals surface area contributed by atoms with Gasteiger partial charge in [0.1, 0.15) is 22.3 Å². The maximum absolute atomic E-state index is 13.2. The van der Waals surface area contributed by atoms with E-state index in [9.17, 15) is 9.59 Å². The van der Waals surface area contributed by atoms with Crippen LogP contribution in [-0.4, -0.2) is 18.7 Å². The van der Waals surface area contributed by atoms with E-state index in [1.54, 1.807) is 18.2 Å². The molecule has 0 amide bonds. The highest BCUT2D eigenvalue weighted by Gasteiger charge is 2.19. The summed E-state index contributed by atoms with van der Waals surface area (Å²) in [6.07, 6.45) is 0. The minimum absolute atomic E-state index is 0.0101. The number of nitrogens with zero attached hydrogens (tertiary/aromatic N) is 3. The summed E-state index contributed by atoms with van der Waals surface area (Å²) in [5.41, 5.74) is 19.9. The normalized spacial score (nSPS) is 11.7. The Labute approximate surface area is 550 Å². The quantitative estimate of drug-likeness (QED) is 0.174. The predicted octanol–water partition coefficient (Wildman–Crippen LogP) is 22.6. The smallest absolute Gasteiger partial charge is 0.200 e. The van der Waals surface area contributed by atoms with Crippen LogP contribution in [0.1, 0.15) is 0 Å². The van der Waals surface area contributed by atoms with Crippen molar-refractivity contribution in [1.82, 2.24) is 18.7 Å². The molecular weight excluding hydrogens is 1230 g/mol. The minimum atomic E-state index is -0.0101.